The molecule has 0 aliphatic carbocycles. The van der Waals surface area contributed by atoms with Crippen LogP contribution < -0.4 is 5.32 Å². The standard InChI is InChI=1S/C18H24BrNO3/c1-17(2,3)14-9-12(19)7-11-8-13(22-15(11)14)10-20-16(21)23-18(4,5)6/h7-9H,10H2,1-6H3,(H,20,21). The van der Waals surface area contributed by atoms with Crippen LogP contribution in [0.5, 0.6) is 0 Å². The normalized spacial score (nSPS) is 12.5. The van der Waals surface area contributed by atoms with Crippen molar-refractivity contribution in [3.8, 4) is 0 Å². The molecular formula is C18H24BrNO3. The van der Waals surface area contributed by atoms with Gasteiger partial charge in [-0.2, -0.15) is 0 Å². The van der Waals surface area contributed by atoms with Gasteiger partial charge in [-0.05, 0) is 44.4 Å². The van der Waals surface area contributed by atoms with Crippen LogP contribution >= 0.6 is 15.9 Å². The molecule has 1 aromatic heterocycles. The minimum atomic E-state index is -0.512. The second-order valence-electron chi connectivity index (χ2n) is 7.69. The molecule has 0 fully saturated rings. The number of fused-ring (bicyclic) bond motifs is 1. The van der Waals surface area contributed by atoms with Gasteiger partial charge < -0.3 is 14.5 Å². The fourth-order valence-electron chi connectivity index (χ4n) is 2.29. The Morgan fingerprint density at radius 1 is 1.17 bits per heavy atom. The molecule has 0 saturated carbocycles. The first-order valence-electron chi connectivity index (χ1n) is 7.65. The third-order valence-corrected chi connectivity index (χ3v) is 3.70. The van der Waals surface area contributed by atoms with E-state index in [0.717, 1.165) is 21.0 Å². The first-order valence-corrected chi connectivity index (χ1v) is 8.44. The smallest absolute Gasteiger partial charge is 0.408 e. The summed E-state index contributed by atoms with van der Waals surface area (Å²) in [4.78, 5) is 11.7. The topological polar surface area (TPSA) is 51.5 Å². The zero-order valence-electron chi connectivity index (χ0n) is 14.5. The summed E-state index contributed by atoms with van der Waals surface area (Å²) < 4.78 is 12.2. The van der Waals surface area contributed by atoms with Crippen molar-refractivity contribution in [3.63, 3.8) is 0 Å². The maximum Gasteiger partial charge on any atom is 0.408 e. The largest absolute Gasteiger partial charge is 0.459 e. The molecule has 1 N–H and O–H groups in total. The zero-order valence-corrected chi connectivity index (χ0v) is 16.1. The Bertz CT molecular complexity index is 720. The van der Waals surface area contributed by atoms with Crippen molar-refractivity contribution in [2.24, 2.45) is 0 Å². The van der Waals surface area contributed by atoms with Gasteiger partial charge in [-0.1, -0.05) is 36.7 Å². The van der Waals surface area contributed by atoms with Crippen LogP contribution in [-0.4, -0.2) is 11.7 Å². The summed E-state index contributed by atoms with van der Waals surface area (Å²) in [6, 6.07) is 6.05. The maximum absolute atomic E-state index is 11.7. The van der Waals surface area contributed by atoms with E-state index in [-0.39, 0.29) is 5.41 Å². The number of hydrogen-bond donors (Lipinski definition) is 1. The van der Waals surface area contributed by atoms with Gasteiger partial charge >= 0.3 is 6.09 Å². The average molecular weight is 382 g/mol. The molecule has 0 aliphatic rings. The molecule has 0 radical (unpaired) electrons. The Kier molecular flexibility index (Phi) is 4.81. The molecule has 2 rings (SSSR count). The number of carbonyl (C=O) groups excluding carboxylic acids is 1. The molecule has 5 heteroatoms. The quantitative estimate of drug-likeness (QED) is 0.744. The van der Waals surface area contributed by atoms with Crippen molar-refractivity contribution in [1.29, 1.82) is 0 Å². The number of furan rings is 1. The van der Waals surface area contributed by atoms with E-state index in [1.54, 1.807) is 0 Å². The minimum absolute atomic E-state index is 0.0320. The zero-order chi connectivity index (χ0) is 17.4. The Labute approximate surface area is 145 Å². The summed E-state index contributed by atoms with van der Waals surface area (Å²) in [5, 5.41) is 3.74. The van der Waals surface area contributed by atoms with Crippen molar-refractivity contribution in [3.05, 3.63) is 34.0 Å². The fraction of sp³-hybridized carbons (Fsp3) is 0.500. The van der Waals surface area contributed by atoms with Gasteiger partial charge in [-0.15, -0.1) is 0 Å². The van der Waals surface area contributed by atoms with E-state index in [0.29, 0.717) is 12.3 Å². The molecule has 126 valence electrons. The summed E-state index contributed by atoms with van der Waals surface area (Å²) in [6.45, 7) is 12.2. The van der Waals surface area contributed by atoms with E-state index < -0.39 is 11.7 Å². The highest BCUT2D eigenvalue weighted by molar-refractivity contribution is 9.10. The van der Waals surface area contributed by atoms with Crippen molar-refractivity contribution in [2.75, 3.05) is 0 Å². The maximum atomic E-state index is 11.7. The predicted octanol–water partition coefficient (Wildman–Crippen LogP) is 5.52. The van der Waals surface area contributed by atoms with Crippen LogP contribution in [0.3, 0.4) is 0 Å². The molecule has 0 atom stereocenters. The highest BCUT2D eigenvalue weighted by atomic mass is 79.9. The molecular weight excluding hydrogens is 358 g/mol. The lowest BCUT2D eigenvalue weighted by atomic mass is 9.86. The lowest BCUT2D eigenvalue weighted by Gasteiger charge is -2.19. The van der Waals surface area contributed by atoms with E-state index in [2.05, 4.69) is 48.1 Å². The summed E-state index contributed by atoms with van der Waals surface area (Å²) in [7, 11) is 0. The number of carbonyl (C=O) groups is 1. The first kappa shape index (κ1) is 17.9. The number of rotatable bonds is 2. The number of halogens is 1. The van der Waals surface area contributed by atoms with Crippen molar-refractivity contribution < 1.29 is 13.9 Å². The molecule has 0 bridgehead atoms. The lowest BCUT2D eigenvalue weighted by Crippen LogP contribution is -2.32. The summed E-state index contributed by atoms with van der Waals surface area (Å²) in [5.74, 6) is 0.703. The van der Waals surface area contributed by atoms with Gasteiger partial charge in [0.1, 0.15) is 16.9 Å². The van der Waals surface area contributed by atoms with E-state index >= 15 is 0 Å². The predicted molar refractivity (Wildman–Crippen MR) is 95.7 cm³/mol. The van der Waals surface area contributed by atoms with Crippen molar-refractivity contribution >= 4 is 33.0 Å². The van der Waals surface area contributed by atoms with E-state index in [9.17, 15) is 4.79 Å². The average Bonchev–Trinajstić information content (AvgIpc) is 2.74. The first-order chi connectivity index (χ1) is 10.5. The molecule has 1 amide bonds. The third-order valence-electron chi connectivity index (χ3n) is 3.25. The van der Waals surface area contributed by atoms with Gasteiger partial charge in [-0.3, -0.25) is 0 Å². The van der Waals surface area contributed by atoms with E-state index in [1.807, 2.05) is 32.9 Å². The van der Waals surface area contributed by atoms with E-state index in [1.165, 1.54) is 0 Å². The Morgan fingerprint density at radius 3 is 2.39 bits per heavy atom. The number of alkyl carbamates (subject to hydrolysis) is 1. The van der Waals surface area contributed by atoms with Gasteiger partial charge in [0.05, 0.1) is 6.54 Å². The molecule has 0 unspecified atom stereocenters. The summed E-state index contributed by atoms with van der Waals surface area (Å²) in [6.07, 6.45) is -0.449. The van der Waals surface area contributed by atoms with Crippen LogP contribution in [0.25, 0.3) is 11.0 Å². The molecule has 4 nitrogen and oxygen atoms in total. The summed E-state index contributed by atoms with van der Waals surface area (Å²) in [5.41, 5.74) is 1.45. The van der Waals surface area contributed by atoms with Crippen LogP contribution in [0.2, 0.25) is 0 Å². The molecule has 2 aromatic rings. The van der Waals surface area contributed by atoms with Crippen LogP contribution in [0.4, 0.5) is 4.79 Å². The minimum Gasteiger partial charge on any atom is -0.459 e. The number of nitrogens with one attached hydrogen (secondary N) is 1. The molecule has 0 saturated heterocycles. The summed E-state index contributed by atoms with van der Waals surface area (Å²) >= 11 is 3.55. The number of benzene rings is 1. The number of ether oxygens (including phenoxy) is 1. The Balaban J connectivity index is 2.22. The van der Waals surface area contributed by atoms with Gasteiger partial charge in [0.2, 0.25) is 0 Å². The van der Waals surface area contributed by atoms with Gasteiger partial charge in [0.25, 0.3) is 0 Å². The lowest BCUT2D eigenvalue weighted by molar-refractivity contribution is 0.0520. The van der Waals surface area contributed by atoms with Crippen molar-refractivity contribution in [1.82, 2.24) is 5.32 Å². The Hall–Kier alpha value is -1.49. The highest BCUT2D eigenvalue weighted by Gasteiger charge is 2.21. The van der Waals surface area contributed by atoms with Crippen molar-refractivity contribution in [2.45, 2.75) is 59.1 Å². The highest BCUT2D eigenvalue weighted by Crippen LogP contribution is 2.34. The molecule has 0 aliphatic heterocycles. The second kappa shape index (κ2) is 6.19. The van der Waals surface area contributed by atoms with Crippen LogP contribution in [0.1, 0.15) is 52.9 Å². The Morgan fingerprint density at radius 2 is 1.83 bits per heavy atom. The van der Waals surface area contributed by atoms with Crippen LogP contribution in [0.15, 0.2) is 27.1 Å². The SMILES string of the molecule is CC(C)(C)OC(=O)NCc1cc2cc(Br)cc(C(C)(C)C)c2o1. The molecule has 1 aromatic carbocycles. The van der Waals surface area contributed by atoms with Gasteiger partial charge in [0.15, 0.2) is 0 Å². The molecule has 23 heavy (non-hydrogen) atoms. The van der Waals surface area contributed by atoms with Crippen LogP contribution in [-0.2, 0) is 16.7 Å². The monoisotopic (exact) mass is 381 g/mol. The number of hydrogen-bond acceptors (Lipinski definition) is 3. The van der Waals surface area contributed by atoms with Crippen LogP contribution in [0, 0.1) is 0 Å². The van der Waals surface area contributed by atoms with Gasteiger partial charge in [0, 0.05) is 15.4 Å². The number of amides is 1. The van der Waals surface area contributed by atoms with E-state index in [4.69, 9.17) is 9.15 Å². The molecule has 0 spiro atoms. The molecule has 1 heterocycles. The van der Waals surface area contributed by atoms with Gasteiger partial charge in [-0.25, -0.2) is 4.79 Å². The fourth-order valence-corrected chi connectivity index (χ4v) is 2.76. The second-order valence-corrected chi connectivity index (χ2v) is 8.61. The third kappa shape index (κ3) is 4.74.